The van der Waals surface area contributed by atoms with E-state index in [2.05, 4.69) is 127 Å². The molecule has 0 saturated heterocycles. The minimum Gasteiger partial charge on any atom is -0.352 e. The van der Waals surface area contributed by atoms with Crippen LogP contribution in [0.4, 0.5) is 0 Å². The minimum atomic E-state index is 0.00386. The van der Waals surface area contributed by atoms with Gasteiger partial charge < -0.3 is 9.97 Å². The number of halogens is 1. The molecule has 0 spiro atoms. The number of nitrogens with one attached hydrogen (secondary N) is 2. The van der Waals surface area contributed by atoms with Gasteiger partial charge in [0.05, 0.1) is 22.1 Å². The molecule has 0 aliphatic rings. The van der Waals surface area contributed by atoms with Crippen molar-refractivity contribution in [1.29, 1.82) is 0 Å². The predicted octanol–water partition coefficient (Wildman–Crippen LogP) is 8.95. The summed E-state index contributed by atoms with van der Waals surface area (Å²) in [6.07, 6.45) is 1.78. The van der Waals surface area contributed by atoms with E-state index < -0.39 is 0 Å². The summed E-state index contributed by atoms with van der Waals surface area (Å²) in [7, 11) is 0. The van der Waals surface area contributed by atoms with E-state index in [1.54, 1.807) is 6.20 Å². The van der Waals surface area contributed by atoms with Crippen LogP contribution in [0.3, 0.4) is 0 Å². The number of aromatic amines is 2. The molecular formula is C33H30IN3. The van der Waals surface area contributed by atoms with Gasteiger partial charge in [-0.3, -0.25) is 0 Å². The zero-order chi connectivity index (χ0) is 26.1. The van der Waals surface area contributed by atoms with Gasteiger partial charge in [-0.1, -0.05) is 65.7 Å². The highest BCUT2D eigenvalue weighted by Gasteiger charge is 2.21. The summed E-state index contributed by atoms with van der Waals surface area (Å²) >= 11 is 2.47. The molecule has 0 unspecified atom stereocenters. The first-order valence-electron chi connectivity index (χ1n) is 12.7. The van der Waals surface area contributed by atoms with Crippen molar-refractivity contribution in [2.45, 2.75) is 52.4 Å². The maximum absolute atomic E-state index is 4.40. The normalized spacial score (nSPS) is 12.5. The Hall–Kier alpha value is -3.30. The van der Waals surface area contributed by atoms with Gasteiger partial charge in [-0.15, -0.1) is 0 Å². The van der Waals surface area contributed by atoms with Gasteiger partial charge in [0.15, 0.2) is 0 Å². The number of nitrogens with zero attached hydrogens (tertiary/aromatic N) is 1. The van der Waals surface area contributed by atoms with Gasteiger partial charge in [0, 0.05) is 36.9 Å². The highest BCUT2D eigenvalue weighted by atomic mass is 127. The molecule has 3 aromatic heterocycles. The van der Waals surface area contributed by atoms with Crippen molar-refractivity contribution in [2.75, 3.05) is 0 Å². The van der Waals surface area contributed by atoms with Crippen LogP contribution in [0.5, 0.6) is 0 Å². The number of aromatic nitrogens is 3. The number of H-pyrrole nitrogens is 2. The van der Waals surface area contributed by atoms with E-state index in [0.29, 0.717) is 0 Å². The first kappa shape index (κ1) is 24.1. The van der Waals surface area contributed by atoms with Gasteiger partial charge >= 0.3 is 0 Å². The number of benzene rings is 3. The van der Waals surface area contributed by atoms with Crippen LogP contribution in [-0.2, 0) is 10.8 Å². The summed E-state index contributed by atoms with van der Waals surface area (Å²) in [6.45, 7) is 13.6. The highest BCUT2D eigenvalue weighted by Crippen LogP contribution is 2.39. The lowest BCUT2D eigenvalue weighted by Crippen LogP contribution is -2.11. The van der Waals surface area contributed by atoms with Crippen molar-refractivity contribution in [1.82, 2.24) is 15.0 Å². The maximum Gasteiger partial charge on any atom is 0.113 e. The molecule has 184 valence electrons. The van der Waals surface area contributed by atoms with Crippen molar-refractivity contribution in [2.24, 2.45) is 0 Å². The van der Waals surface area contributed by atoms with Gasteiger partial charge in [0.1, 0.15) is 5.69 Å². The summed E-state index contributed by atoms with van der Waals surface area (Å²) < 4.78 is 1.25. The molecule has 0 atom stereocenters. The average molecular weight is 596 g/mol. The van der Waals surface area contributed by atoms with Crippen molar-refractivity contribution in [3.05, 3.63) is 86.7 Å². The minimum absolute atomic E-state index is 0.00386. The van der Waals surface area contributed by atoms with Gasteiger partial charge in [0.2, 0.25) is 0 Å². The number of pyridine rings is 1. The zero-order valence-corrected chi connectivity index (χ0v) is 24.3. The van der Waals surface area contributed by atoms with Crippen LogP contribution in [0, 0.1) is 15.4 Å². The van der Waals surface area contributed by atoms with Gasteiger partial charge in [-0.05, 0) is 86.9 Å². The fraction of sp³-hybridized carbons (Fsp3) is 0.242. The Morgan fingerprint density at radius 2 is 1.24 bits per heavy atom. The molecule has 3 nitrogen and oxygen atoms in total. The fourth-order valence-corrected chi connectivity index (χ4v) is 5.79. The second-order valence-electron chi connectivity index (χ2n) is 12.0. The molecule has 3 heterocycles. The molecule has 2 N–H and O–H groups in total. The van der Waals surface area contributed by atoms with E-state index in [1.807, 2.05) is 18.2 Å². The molecule has 0 aliphatic heterocycles. The van der Waals surface area contributed by atoms with E-state index in [4.69, 9.17) is 0 Å². The first-order chi connectivity index (χ1) is 17.5. The van der Waals surface area contributed by atoms with Crippen LogP contribution in [0.2, 0.25) is 0 Å². The summed E-state index contributed by atoms with van der Waals surface area (Å²) in [4.78, 5) is 11.9. The molecule has 37 heavy (non-hydrogen) atoms. The van der Waals surface area contributed by atoms with Crippen molar-refractivity contribution < 1.29 is 0 Å². The van der Waals surface area contributed by atoms with Crippen molar-refractivity contribution in [3.8, 4) is 11.8 Å². The Bertz CT molecular complexity index is 1900. The molecule has 4 heteroatoms. The van der Waals surface area contributed by atoms with E-state index in [1.165, 1.54) is 41.8 Å². The van der Waals surface area contributed by atoms with Crippen LogP contribution in [0.25, 0.3) is 43.6 Å². The third-order valence-corrected chi connectivity index (χ3v) is 8.09. The Labute approximate surface area is 231 Å². The molecule has 6 aromatic rings. The van der Waals surface area contributed by atoms with Crippen LogP contribution >= 0.6 is 22.6 Å². The second kappa shape index (κ2) is 8.36. The summed E-state index contributed by atoms with van der Waals surface area (Å²) in [5, 5.41) is 4.94. The van der Waals surface area contributed by atoms with Gasteiger partial charge in [0.25, 0.3) is 0 Å². The number of hydrogen-bond donors (Lipinski definition) is 2. The Morgan fingerprint density at radius 1 is 0.649 bits per heavy atom. The SMILES string of the molecule is CC(C)(C)c1cc(I)c2[nH]c3c(ccc4c5cc(C(C)(C)C)cc(C#Cc6ccccn6)c5[nH]c43)c2c1. The standard InChI is InChI=1S/C33H30IN3/c1-32(2,3)20-15-19(10-11-22-9-7-8-14-35-22)28-25(16-20)23-12-13-24-26-17-21(33(4,5)6)18-27(34)29(26)37-31(24)30(23)36-28/h7-9,12-18,36-37H,1-6H3. The van der Waals surface area contributed by atoms with E-state index >= 15 is 0 Å². The smallest absolute Gasteiger partial charge is 0.113 e. The summed E-state index contributed by atoms with van der Waals surface area (Å²) in [6, 6.07) is 19.6. The predicted molar refractivity (Wildman–Crippen MR) is 166 cm³/mol. The van der Waals surface area contributed by atoms with Gasteiger partial charge in [-0.25, -0.2) is 4.98 Å². The fourth-order valence-electron chi connectivity index (χ4n) is 5.03. The quantitative estimate of drug-likeness (QED) is 0.134. The molecular weight excluding hydrogens is 565 g/mol. The molecule has 0 amide bonds. The molecule has 0 fully saturated rings. The van der Waals surface area contributed by atoms with Gasteiger partial charge in [-0.2, -0.15) is 0 Å². The van der Waals surface area contributed by atoms with Crippen LogP contribution in [0.1, 0.15) is 63.9 Å². The second-order valence-corrected chi connectivity index (χ2v) is 13.1. The third kappa shape index (κ3) is 4.10. The van der Waals surface area contributed by atoms with Crippen LogP contribution in [0.15, 0.2) is 60.8 Å². The van der Waals surface area contributed by atoms with Crippen LogP contribution in [-0.4, -0.2) is 15.0 Å². The monoisotopic (exact) mass is 595 g/mol. The molecule has 6 rings (SSSR count). The molecule has 0 aliphatic carbocycles. The van der Waals surface area contributed by atoms with Crippen molar-refractivity contribution >= 4 is 66.2 Å². The average Bonchev–Trinajstić information content (AvgIpc) is 3.41. The number of hydrogen-bond acceptors (Lipinski definition) is 1. The maximum atomic E-state index is 4.40. The zero-order valence-electron chi connectivity index (χ0n) is 22.1. The van der Waals surface area contributed by atoms with Crippen LogP contribution < -0.4 is 0 Å². The van der Waals surface area contributed by atoms with Crippen molar-refractivity contribution in [3.63, 3.8) is 0 Å². The molecule has 0 bridgehead atoms. The van der Waals surface area contributed by atoms with E-state index in [9.17, 15) is 0 Å². The Balaban J connectivity index is 1.67. The molecule has 0 saturated carbocycles. The lowest BCUT2D eigenvalue weighted by atomic mass is 9.85. The number of rotatable bonds is 0. The lowest BCUT2D eigenvalue weighted by Gasteiger charge is -2.19. The summed E-state index contributed by atoms with van der Waals surface area (Å²) in [5.41, 5.74) is 9.03. The largest absolute Gasteiger partial charge is 0.352 e. The molecule has 3 aromatic carbocycles. The molecule has 0 radical (unpaired) electrons. The number of fused-ring (bicyclic) bond motifs is 7. The van der Waals surface area contributed by atoms with E-state index in [0.717, 1.165) is 27.8 Å². The lowest BCUT2D eigenvalue weighted by molar-refractivity contribution is 0.590. The topological polar surface area (TPSA) is 44.5 Å². The van der Waals surface area contributed by atoms with E-state index in [-0.39, 0.29) is 10.8 Å². The summed E-state index contributed by atoms with van der Waals surface area (Å²) in [5.74, 6) is 6.70. The third-order valence-electron chi connectivity index (χ3n) is 7.24. The Kier molecular flexibility index (Phi) is 5.44. The first-order valence-corrected chi connectivity index (χ1v) is 13.8. The highest BCUT2D eigenvalue weighted by molar-refractivity contribution is 14.1. The Morgan fingerprint density at radius 3 is 1.84 bits per heavy atom.